The predicted molar refractivity (Wildman–Crippen MR) is 76.3 cm³/mol. The van der Waals surface area contributed by atoms with Crippen LogP contribution in [-0.4, -0.2) is 18.2 Å². The molecule has 2 aromatic rings. The largest absolute Gasteiger partial charge is 0.497 e. The molecule has 0 amide bonds. The average molecular weight is 246 g/mol. The summed E-state index contributed by atoms with van der Waals surface area (Å²) in [7, 11) is 3.85. The monoisotopic (exact) mass is 246 g/mol. The number of methoxy groups -OCH3 is 1. The van der Waals surface area contributed by atoms with Crippen molar-refractivity contribution in [3.63, 3.8) is 0 Å². The fourth-order valence-electron chi connectivity index (χ4n) is 2.70. The van der Waals surface area contributed by atoms with Crippen molar-refractivity contribution in [1.29, 1.82) is 0 Å². The fourth-order valence-corrected chi connectivity index (χ4v) is 2.70. The third-order valence-electron chi connectivity index (χ3n) is 3.74. The van der Waals surface area contributed by atoms with Gasteiger partial charge in [0.1, 0.15) is 5.75 Å². The maximum Gasteiger partial charge on any atom is 0.119 e. The first-order valence-electron chi connectivity index (χ1n) is 6.42. The number of aryl methyl sites for hydroxylation is 3. The van der Waals surface area contributed by atoms with Crippen molar-refractivity contribution in [3.8, 4) is 5.75 Å². The molecule has 0 aliphatic rings. The van der Waals surface area contributed by atoms with Gasteiger partial charge in [-0.3, -0.25) is 0 Å². The zero-order chi connectivity index (χ0) is 13.3. The molecule has 0 saturated heterocycles. The van der Waals surface area contributed by atoms with Gasteiger partial charge in [0.15, 0.2) is 0 Å². The molecule has 0 atom stereocenters. The molecule has 18 heavy (non-hydrogen) atoms. The Labute approximate surface area is 109 Å². The highest BCUT2D eigenvalue weighted by molar-refractivity contribution is 5.89. The topological polar surface area (TPSA) is 40.2 Å². The number of aromatic nitrogens is 1. The van der Waals surface area contributed by atoms with Gasteiger partial charge in [-0.1, -0.05) is 0 Å². The summed E-state index contributed by atoms with van der Waals surface area (Å²) in [5, 5.41) is 1.31. The lowest BCUT2D eigenvalue weighted by Crippen LogP contribution is -2.01. The zero-order valence-corrected chi connectivity index (χ0v) is 11.7. The Morgan fingerprint density at radius 2 is 2.00 bits per heavy atom. The smallest absolute Gasteiger partial charge is 0.119 e. The standard InChI is InChI=1S/C15H22N2O/c1-10-8-12(18-4)9-14-13(6-5-7-16)11(2)17(3)15(10)14/h8-9H,5-7,16H2,1-4H3. The zero-order valence-electron chi connectivity index (χ0n) is 11.7. The Balaban J connectivity index is 2.68. The molecule has 2 rings (SSSR count). The van der Waals surface area contributed by atoms with E-state index < -0.39 is 0 Å². The van der Waals surface area contributed by atoms with Gasteiger partial charge in [0.25, 0.3) is 0 Å². The molecule has 0 spiro atoms. The van der Waals surface area contributed by atoms with Crippen LogP contribution in [0.2, 0.25) is 0 Å². The molecule has 0 unspecified atom stereocenters. The van der Waals surface area contributed by atoms with E-state index in [1.807, 2.05) is 0 Å². The van der Waals surface area contributed by atoms with Gasteiger partial charge < -0.3 is 15.0 Å². The number of nitrogens with two attached hydrogens (primary N) is 1. The summed E-state index contributed by atoms with van der Waals surface area (Å²) in [6, 6.07) is 4.23. The van der Waals surface area contributed by atoms with Crippen molar-refractivity contribution >= 4 is 10.9 Å². The number of fused-ring (bicyclic) bond motifs is 1. The molecule has 2 N–H and O–H groups in total. The van der Waals surface area contributed by atoms with Crippen LogP contribution < -0.4 is 10.5 Å². The highest BCUT2D eigenvalue weighted by atomic mass is 16.5. The van der Waals surface area contributed by atoms with Crippen LogP contribution in [0.25, 0.3) is 10.9 Å². The molecule has 3 nitrogen and oxygen atoms in total. The number of hydrogen-bond acceptors (Lipinski definition) is 2. The quantitative estimate of drug-likeness (QED) is 0.901. The van der Waals surface area contributed by atoms with Crippen molar-refractivity contribution in [1.82, 2.24) is 4.57 Å². The Morgan fingerprint density at radius 3 is 2.61 bits per heavy atom. The van der Waals surface area contributed by atoms with Gasteiger partial charge in [0, 0.05) is 18.1 Å². The van der Waals surface area contributed by atoms with Gasteiger partial charge in [-0.05, 0) is 56.5 Å². The van der Waals surface area contributed by atoms with Crippen molar-refractivity contribution < 1.29 is 4.74 Å². The summed E-state index contributed by atoms with van der Waals surface area (Å²) >= 11 is 0. The van der Waals surface area contributed by atoms with E-state index in [9.17, 15) is 0 Å². The Hall–Kier alpha value is -1.48. The molecular weight excluding hydrogens is 224 g/mol. The molecule has 0 saturated carbocycles. The van der Waals surface area contributed by atoms with Gasteiger partial charge in [-0.25, -0.2) is 0 Å². The van der Waals surface area contributed by atoms with Crippen molar-refractivity contribution in [2.45, 2.75) is 26.7 Å². The van der Waals surface area contributed by atoms with Crippen LogP contribution in [-0.2, 0) is 13.5 Å². The second-order valence-electron chi connectivity index (χ2n) is 4.86. The molecule has 0 aliphatic carbocycles. The van der Waals surface area contributed by atoms with Crippen LogP contribution >= 0.6 is 0 Å². The summed E-state index contributed by atoms with van der Waals surface area (Å²) in [4.78, 5) is 0. The predicted octanol–water partition coefficient (Wildman–Crippen LogP) is 2.70. The first-order valence-corrected chi connectivity index (χ1v) is 6.42. The molecule has 0 bridgehead atoms. The van der Waals surface area contributed by atoms with Crippen LogP contribution in [0.15, 0.2) is 12.1 Å². The first-order chi connectivity index (χ1) is 8.60. The molecule has 98 valence electrons. The Bertz CT molecular complexity index is 570. The highest BCUT2D eigenvalue weighted by Gasteiger charge is 2.14. The van der Waals surface area contributed by atoms with Gasteiger partial charge in [-0.2, -0.15) is 0 Å². The number of rotatable bonds is 4. The van der Waals surface area contributed by atoms with E-state index >= 15 is 0 Å². The first kappa shape index (κ1) is 13.0. The lowest BCUT2D eigenvalue weighted by Gasteiger charge is -2.05. The second kappa shape index (κ2) is 5.02. The maximum absolute atomic E-state index is 5.63. The van der Waals surface area contributed by atoms with Crippen LogP contribution in [0, 0.1) is 13.8 Å². The van der Waals surface area contributed by atoms with Crippen LogP contribution in [0.1, 0.15) is 23.2 Å². The Morgan fingerprint density at radius 1 is 1.28 bits per heavy atom. The number of benzene rings is 1. The second-order valence-corrected chi connectivity index (χ2v) is 4.86. The maximum atomic E-state index is 5.63. The van der Waals surface area contributed by atoms with Crippen molar-refractivity contribution in [3.05, 3.63) is 29.0 Å². The summed E-state index contributed by atoms with van der Waals surface area (Å²) < 4.78 is 7.65. The van der Waals surface area contributed by atoms with E-state index in [0.29, 0.717) is 0 Å². The minimum Gasteiger partial charge on any atom is -0.497 e. The van der Waals surface area contributed by atoms with Gasteiger partial charge in [0.2, 0.25) is 0 Å². The molecule has 1 aromatic heterocycles. The lowest BCUT2D eigenvalue weighted by atomic mass is 10.0. The van der Waals surface area contributed by atoms with E-state index in [2.05, 4.69) is 37.6 Å². The van der Waals surface area contributed by atoms with E-state index in [0.717, 1.165) is 25.1 Å². The molecule has 3 heteroatoms. The molecule has 1 aromatic carbocycles. The van der Waals surface area contributed by atoms with Crippen molar-refractivity contribution in [2.24, 2.45) is 12.8 Å². The minimum atomic E-state index is 0.735. The molecule has 1 heterocycles. The number of hydrogen-bond donors (Lipinski definition) is 1. The molecule has 0 radical (unpaired) electrons. The molecule has 0 fully saturated rings. The van der Waals surface area contributed by atoms with Crippen LogP contribution in [0.5, 0.6) is 5.75 Å². The number of nitrogens with zero attached hydrogens (tertiary/aromatic N) is 1. The minimum absolute atomic E-state index is 0.735. The van der Waals surface area contributed by atoms with E-state index in [1.54, 1.807) is 7.11 Å². The van der Waals surface area contributed by atoms with Gasteiger partial charge in [0.05, 0.1) is 12.6 Å². The normalized spacial score (nSPS) is 11.2. The van der Waals surface area contributed by atoms with E-state index in [-0.39, 0.29) is 0 Å². The molecular formula is C15H22N2O. The number of ether oxygens (including phenoxy) is 1. The summed E-state index contributed by atoms with van der Waals surface area (Å²) in [6.45, 7) is 5.05. The van der Waals surface area contributed by atoms with Gasteiger partial charge in [-0.15, -0.1) is 0 Å². The molecule has 0 aliphatic heterocycles. The third kappa shape index (κ3) is 1.99. The van der Waals surface area contributed by atoms with Crippen molar-refractivity contribution in [2.75, 3.05) is 13.7 Å². The van der Waals surface area contributed by atoms with E-state index in [1.165, 1.54) is 27.7 Å². The average Bonchev–Trinajstić information content (AvgIpc) is 2.60. The van der Waals surface area contributed by atoms with Gasteiger partial charge >= 0.3 is 0 Å². The Kier molecular flexibility index (Phi) is 3.62. The third-order valence-corrected chi connectivity index (χ3v) is 3.74. The van der Waals surface area contributed by atoms with E-state index in [4.69, 9.17) is 10.5 Å². The van der Waals surface area contributed by atoms with Crippen LogP contribution in [0.3, 0.4) is 0 Å². The fraction of sp³-hybridized carbons (Fsp3) is 0.467. The van der Waals surface area contributed by atoms with Crippen LogP contribution in [0.4, 0.5) is 0 Å². The highest BCUT2D eigenvalue weighted by Crippen LogP contribution is 2.32. The summed E-state index contributed by atoms with van der Waals surface area (Å²) in [5.74, 6) is 0.930. The summed E-state index contributed by atoms with van der Waals surface area (Å²) in [5.41, 5.74) is 10.9. The SMILES string of the molecule is COc1cc(C)c2c(c1)c(CCCN)c(C)n2C. The lowest BCUT2D eigenvalue weighted by molar-refractivity contribution is 0.415. The summed E-state index contributed by atoms with van der Waals surface area (Å²) in [6.07, 6.45) is 2.06.